The van der Waals surface area contributed by atoms with Crippen LogP contribution in [0.25, 0.3) is 0 Å². The van der Waals surface area contributed by atoms with Crippen molar-refractivity contribution in [2.45, 2.75) is 25.8 Å². The molecule has 0 spiro atoms. The van der Waals surface area contributed by atoms with E-state index in [4.69, 9.17) is 4.74 Å². The lowest BCUT2D eigenvalue weighted by Crippen LogP contribution is -2.37. The minimum atomic E-state index is -0.363. The zero-order chi connectivity index (χ0) is 22.2. The fourth-order valence-electron chi connectivity index (χ4n) is 3.24. The van der Waals surface area contributed by atoms with Crippen LogP contribution < -0.4 is 15.5 Å². The summed E-state index contributed by atoms with van der Waals surface area (Å²) in [5.41, 5.74) is 1.88. The number of benzene rings is 1. The standard InChI is InChI=1S/C24H28N4O3/c1-17(25-2)23(29)27-22-12-11-21(28(3)24(30)19-13-15-31-16-14-19)20(26-22)10-9-18-7-5-4-6-8-18/h4-8,11-12,17,19,25H,13-16H2,1-3H3,(H,26,27,29). The van der Waals surface area contributed by atoms with E-state index in [9.17, 15) is 9.59 Å². The number of hydrogen-bond donors (Lipinski definition) is 2. The topological polar surface area (TPSA) is 83.6 Å². The maximum atomic E-state index is 13.0. The Labute approximate surface area is 183 Å². The molecular weight excluding hydrogens is 392 g/mol. The lowest BCUT2D eigenvalue weighted by Gasteiger charge is -2.27. The van der Waals surface area contributed by atoms with Crippen LogP contribution in [0.5, 0.6) is 0 Å². The molecule has 0 saturated carbocycles. The van der Waals surface area contributed by atoms with E-state index in [1.165, 1.54) is 0 Å². The molecule has 1 atom stereocenters. The van der Waals surface area contributed by atoms with Crippen molar-refractivity contribution in [3.8, 4) is 11.8 Å². The molecule has 0 radical (unpaired) electrons. The first-order valence-corrected chi connectivity index (χ1v) is 10.4. The third-order valence-corrected chi connectivity index (χ3v) is 5.31. The third-order valence-electron chi connectivity index (χ3n) is 5.31. The summed E-state index contributed by atoms with van der Waals surface area (Å²) in [5, 5.41) is 5.69. The fraction of sp³-hybridized carbons (Fsp3) is 0.375. The second-order valence-corrected chi connectivity index (χ2v) is 7.46. The monoisotopic (exact) mass is 420 g/mol. The van der Waals surface area contributed by atoms with Gasteiger partial charge in [-0.15, -0.1) is 0 Å². The Bertz CT molecular complexity index is 975. The van der Waals surface area contributed by atoms with Gasteiger partial charge in [-0.3, -0.25) is 9.59 Å². The molecule has 1 aliphatic heterocycles. The zero-order valence-electron chi connectivity index (χ0n) is 18.1. The van der Waals surface area contributed by atoms with Gasteiger partial charge in [0.1, 0.15) is 11.5 Å². The van der Waals surface area contributed by atoms with Crippen molar-refractivity contribution < 1.29 is 14.3 Å². The number of nitrogens with zero attached hydrogens (tertiary/aromatic N) is 2. The van der Waals surface area contributed by atoms with Gasteiger partial charge >= 0.3 is 0 Å². The first kappa shape index (κ1) is 22.5. The molecule has 0 aliphatic carbocycles. The van der Waals surface area contributed by atoms with Crippen LogP contribution in [0, 0.1) is 17.8 Å². The van der Waals surface area contributed by atoms with Crippen molar-refractivity contribution in [1.82, 2.24) is 10.3 Å². The maximum absolute atomic E-state index is 13.0. The number of rotatable bonds is 5. The van der Waals surface area contributed by atoms with Crippen LogP contribution in [-0.4, -0.2) is 50.1 Å². The van der Waals surface area contributed by atoms with Gasteiger partial charge in [-0.2, -0.15) is 0 Å². The molecule has 162 valence electrons. The Morgan fingerprint density at radius 3 is 2.52 bits per heavy atom. The molecule has 1 unspecified atom stereocenters. The zero-order valence-corrected chi connectivity index (χ0v) is 18.1. The normalized spacial score (nSPS) is 14.8. The van der Waals surface area contributed by atoms with Crippen LogP contribution in [0.2, 0.25) is 0 Å². The summed E-state index contributed by atoms with van der Waals surface area (Å²) in [6, 6.07) is 12.7. The van der Waals surface area contributed by atoms with Crippen molar-refractivity contribution in [2.24, 2.45) is 5.92 Å². The van der Waals surface area contributed by atoms with Gasteiger partial charge in [0.2, 0.25) is 11.8 Å². The average molecular weight is 421 g/mol. The SMILES string of the molecule is CNC(C)C(=O)Nc1ccc(N(C)C(=O)C2CCOCC2)c(C#Cc2ccccc2)n1. The van der Waals surface area contributed by atoms with Crippen molar-refractivity contribution >= 4 is 23.3 Å². The van der Waals surface area contributed by atoms with E-state index in [1.54, 1.807) is 38.1 Å². The van der Waals surface area contributed by atoms with Gasteiger partial charge in [0.05, 0.1) is 11.7 Å². The predicted octanol–water partition coefficient (Wildman–Crippen LogP) is 2.42. The van der Waals surface area contributed by atoms with E-state index in [0.29, 0.717) is 43.3 Å². The number of hydrogen-bond acceptors (Lipinski definition) is 5. The fourth-order valence-corrected chi connectivity index (χ4v) is 3.24. The molecule has 2 N–H and O–H groups in total. The number of ether oxygens (including phenoxy) is 1. The lowest BCUT2D eigenvalue weighted by atomic mass is 9.98. The molecule has 2 aromatic rings. The molecule has 1 fully saturated rings. The molecule has 1 aromatic heterocycles. The van der Waals surface area contributed by atoms with Crippen molar-refractivity contribution in [2.75, 3.05) is 37.5 Å². The van der Waals surface area contributed by atoms with E-state index in [0.717, 1.165) is 5.56 Å². The van der Waals surface area contributed by atoms with Gasteiger partial charge in [0.15, 0.2) is 0 Å². The molecule has 31 heavy (non-hydrogen) atoms. The lowest BCUT2D eigenvalue weighted by molar-refractivity contribution is -0.124. The number of carbonyl (C=O) groups excluding carboxylic acids is 2. The number of likely N-dealkylation sites (N-methyl/N-ethyl adjacent to an activating group) is 1. The number of pyridine rings is 1. The molecule has 1 aromatic carbocycles. The summed E-state index contributed by atoms with van der Waals surface area (Å²) in [4.78, 5) is 31.4. The van der Waals surface area contributed by atoms with E-state index in [1.807, 2.05) is 30.3 Å². The van der Waals surface area contributed by atoms with E-state index >= 15 is 0 Å². The number of anilines is 2. The molecular formula is C24H28N4O3. The van der Waals surface area contributed by atoms with Crippen LogP contribution >= 0.6 is 0 Å². The summed E-state index contributed by atoms with van der Waals surface area (Å²) >= 11 is 0. The smallest absolute Gasteiger partial charge is 0.242 e. The number of carbonyl (C=O) groups is 2. The van der Waals surface area contributed by atoms with Crippen LogP contribution in [0.4, 0.5) is 11.5 Å². The van der Waals surface area contributed by atoms with Gasteiger partial charge in [0.25, 0.3) is 0 Å². The largest absolute Gasteiger partial charge is 0.381 e. The molecule has 7 nitrogen and oxygen atoms in total. The van der Waals surface area contributed by atoms with Gasteiger partial charge < -0.3 is 20.3 Å². The molecule has 2 heterocycles. The minimum Gasteiger partial charge on any atom is -0.381 e. The molecule has 2 amide bonds. The van der Waals surface area contributed by atoms with Crippen LogP contribution in [0.15, 0.2) is 42.5 Å². The van der Waals surface area contributed by atoms with Gasteiger partial charge in [-0.1, -0.05) is 24.1 Å². The number of amides is 2. The first-order chi connectivity index (χ1) is 15.0. The van der Waals surface area contributed by atoms with Gasteiger partial charge in [-0.25, -0.2) is 4.98 Å². The Kier molecular flexibility index (Phi) is 7.76. The highest BCUT2D eigenvalue weighted by molar-refractivity contribution is 5.97. The second kappa shape index (κ2) is 10.7. The summed E-state index contributed by atoms with van der Waals surface area (Å²) in [5.74, 6) is 6.31. The van der Waals surface area contributed by atoms with E-state index in [-0.39, 0.29) is 23.8 Å². The quantitative estimate of drug-likeness (QED) is 0.726. The van der Waals surface area contributed by atoms with Gasteiger partial charge in [0, 0.05) is 31.7 Å². The first-order valence-electron chi connectivity index (χ1n) is 10.4. The third kappa shape index (κ3) is 5.91. The van der Waals surface area contributed by atoms with Crippen molar-refractivity contribution in [3.05, 3.63) is 53.7 Å². The van der Waals surface area contributed by atoms with Crippen LogP contribution in [0.1, 0.15) is 31.0 Å². The number of aromatic nitrogens is 1. The highest BCUT2D eigenvalue weighted by Gasteiger charge is 2.26. The Balaban J connectivity index is 1.92. The van der Waals surface area contributed by atoms with E-state index in [2.05, 4.69) is 27.5 Å². The summed E-state index contributed by atoms with van der Waals surface area (Å²) in [6.45, 7) is 2.95. The second-order valence-electron chi connectivity index (χ2n) is 7.46. The molecule has 1 saturated heterocycles. The predicted molar refractivity (Wildman–Crippen MR) is 121 cm³/mol. The minimum absolute atomic E-state index is 0.0217. The summed E-state index contributed by atoms with van der Waals surface area (Å²) in [7, 11) is 3.46. The average Bonchev–Trinajstić information content (AvgIpc) is 2.82. The summed E-state index contributed by atoms with van der Waals surface area (Å²) < 4.78 is 5.38. The molecule has 1 aliphatic rings. The highest BCUT2D eigenvalue weighted by atomic mass is 16.5. The molecule has 3 rings (SSSR count). The molecule has 0 bridgehead atoms. The Hall–Kier alpha value is -3.21. The Morgan fingerprint density at radius 1 is 1.13 bits per heavy atom. The van der Waals surface area contributed by atoms with Crippen molar-refractivity contribution in [1.29, 1.82) is 0 Å². The Morgan fingerprint density at radius 2 is 1.84 bits per heavy atom. The van der Waals surface area contributed by atoms with E-state index < -0.39 is 0 Å². The van der Waals surface area contributed by atoms with Crippen molar-refractivity contribution in [3.63, 3.8) is 0 Å². The summed E-state index contributed by atoms with van der Waals surface area (Å²) in [6.07, 6.45) is 1.41. The van der Waals surface area contributed by atoms with Crippen LogP contribution in [0.3, 0.4) is 0 Å². The number of nitrogens with one attached hydrogen (secondary N) is 2. The van der Waals surface area contributed by atoms with Gasteiger partial charge in [-0.05, 0) is 57.0 Å². The molecule has 7 heteroatoms. The highest BCUT2D eigenvalue weighted by Crippen LogP contribution is 2.25. The van der Waals surface area contributed by atoms with Crippen LogP contribution in [-0.2, 0) is 14.3 Å². The maximum Gasteiger partial charge on any atom is 0.242 e.